The lowest BCUT2D eigenvalue weighted by Gasteiger charge is -2.46. The van der Waals surface area contributed by atoms with Gasteiger partial charge in [0.05, 0.1) is 0 Å². The van der Waals surface area contributed by atoms with Crippen molar-refractivity contribution >= 4 is 16.5 Å². The third-order valence-electron chi connectivity index (χ3n) is 4.55. The second kappa shape index (κ2) is 4.95. The molecule has 0 aromatic rings. The van der Waals surface area contributed by atoms with Crippen molar-refractivity contribution in [3.63, 3.8) is 0 Å². The van der Waals surface area contributed by atoms with Crippen molar-refractivity contribution in [1.29, 1.82) is 0 Å². The smallest absolute Gasteiger partial charge is 0.118 e. The van der Waals surface area contributed by atoms with Gasteiger partial charge in [0.2, 0.25) is 0 Å². The molecular weight excluding hydrogens is 202 g/mol. The van der Waals surface area contributed by atoms with E-state index in [4.69, 9.17) is 0 Å². The Morgan fingerprint density at radius 1 is 0.786 bits per heavy atom. The van der Waals surface area contributed by atoms with Crippen molar-refractivity contribution in [2.24, 2.45) is 0 Å². The molecule has 1 aliphatic heterocycles. The number of rotatable bonds is 4. The molecule has 1 aliphatic rings. The molecule has 0 bridgehead atoms. The van der Waals surface area contributed by atoms with Crippen LogP contribution in [0.15, 0.2) is 0 Å². The fraction of sp³-hybridized carbons (Fsp3) is 1.00. The number of nitrogens with one attached hydrogen (secondary N) is 1. The topological polar surface area (TPSA) is 12.0 Å². The molecule has 0 atom stereocenters. The Labute approximate surface area is 91.9 Å². The van der Waals surface area contributed by atoms with Crippen molar-refractivity contribution in [3.05, 3.63) is 0 Å². The first kappa shape index (κ1) is 12.5. The first-order valence-electron chi connectivity index (χ1n) is 6.45. The Balaban J connectivity index is 2.75. The molecule has 1 saturated heterocycles. The molecule has 0 amide bonds. The molecule has 84 valence electrons. The maximum absolute atomic E-state index is 4.26. The van der Waals surface area contributed by atoms with Gasteiger partial charge in [-0.25, -0.2) is 0 Å². The number of hydrogen-bond donors (Lipinski definition) is 1. The van der Waals surface area contributed by atoms with Gasteiger partial charge in [0.25, 0.3) is 0 Å². The molecule has 0 unspecified atom stereocenters. The van der Waals surface area contributed by atoms with E-state index in [1.807, 2.05) is 0 Å². The van der Waals surface area contributed by atoms with Gasteiger partial charge >= 0.3 is 0 Å². The van der Waals surface area contributed by atoms with E-state index in [1.165, 1.54) is 30.6 Å². The van der Waals surface area contributed by atoms with Gasteiger partial charge in [-0.3, -0.25) is 0 Å². The quantitative estimate of drug-likeness (QED) is 0.720. The van der Waals surface area contributed by atoms with Crippen LogP contribution in [0.5, 0.6) is 0 Å². The van der Waals surface area contributed by atoms with Gasteiger partial charge in [0, 0.05) is 0 Å². The lowest BCUT2D eigenvalue weighted by atomic mass is 10.6. The van der Waals surface area contributed by atoms with Crippen molar-refractivity contribution in [2.75, 3.05) is 0 Å². The summed E-state index contributed by atoms with van der Waals surface area (Å²) in [5.74, 6) is 0. The van der Waals surface area contributed by atoms with Gasteiger partial charge in [-0.15, -0.1) is 0 Å². The van der Waals surface area contributed by atoms with Crippen LogP contribution < -0.4 is 4.65 Å². The second-order valence-corrected chi connectivity index (χ2v) is 14.9. The minimum atomic E-state index is -0.996. The van der Waals surface area contributed by atoms with Crippen LogP contribution in [0.2, 0.25) is 36.3 Å². The largest absolute Gasteiger partial charge is 0.359 e. The maximum Gasteiger partial charge on any atom is 0.118 e. The average molecular weight is 230 g/mol. The van der Waals surface area contributed by atoms with E-state index in [0.29, 0.717) is 0 Å². The Hall–Kier alpha value is 0.394. The molecule has 0 radical (unpaired) electrons. The summed E-state index contributed by atoms with van der Waals surface area (Å²) in [6, 6.07) is 8.93. The molecular formula is C11H27NSi2. The van der Waals surface area contributed by atoms with Crippen molar-refractivity contribution < 1.29 is 0 Å². The predicted molar refractivity (Wildman–Crippen MR) is 70.8 cm³/mol. The Morgan fingerprint density at radius 3 is 1.43 bits per heavy atom. The highest BCUT2D eigenvalue weighted by atomic mass is 28.4. The molecule has 14 heavy (non-hydrogen) atoms. The van der Waals surface area contributed by atoms with Crippen LogP contribution in [0.4, 0.5) is 0 Å². The summed E-state index contributed by atoms with van der Waals surface area (Å²) in [5.41, 5.74) is 0. The van der Waals surface area contributed by atoms with Crippen molar-refractivity contribution in [1.82, 2.24) is 4.65 Å². The van der Waals surface area contributed by atoms with Crippen LogP contribution in [-0.2, 0) is 0 Å². The average Bonchev–Trinajstić information content (AvgIpc) is 2.29. The normalized spacial score (nSPS) is 24.9. The highest BCUT2D eigenvalue weighted by Gasteiger charge is 2.42. The summed E-state index contributed by atoms with van der Waals surface area (Å²) in [6.07, 6.45) is 1.54. The second-order valence-electron chi connectivity index (χ2n) is 4.95. The van der Waals surface area contributed by atoms with Crippen molar-refractivity contribution in [2.45, 2.75) is 70.4 Å². The van der Waals surface area contributed by atoms with Gasteiger partial charge in [-0.1, -0.05) is 34.1 Å². The van der Waals surface area contributed by atoms with Crippen LogP contribution >= 0.6 is 0 Å². The highest BCUT2D eigenvalue weighted by molar-refractivity contribution is 6.94. The van der Waals surface area contributed by atoms with Crippen LogP contribution in [0, 0.1) is 0 Å². The predicted octanol–water partition coefficient (Wildman–Crippen LogP) is 3.95. The maximum atomic E-state index is 4.26. The third-order valence-corrected chi connectivity index (χ3v) is 16.8. The standard InChI is InChI=1S/C11H27NSi2/c1-5-13(6-2)10-9-11-14(7-3,8-4)12-13/h12H,5-11H2,1-4H3. The number of hydrogen-bond acceptors (Lipinski definition) is 1. The van der Waals surface area contributed by atoms with Crippen molar-refractivity contribution in [3.8, 4) is 0 Å². The van der Waals surface area contributed by atoms with Crippen LogP contribution in [0.3, 0.4) is 0 Å². The van der Waals surface area contributed by atoms with Crippen LogP contribution in [0.1, 0.15) is 34.1 Å². The molecule has 0 saturated carbocycles. The van der Waals surface area contributed by atoms with E-state index in [9.17, 15) is 0 Å². The summed E-state index contributed by atoms with van der Waals surface area (Å²) in [7, 11) is -1.99. The molecule has 0 spiro atoms. The van der Waals surface area contributed by atoms with E-state index in [1.54, 1.807) is 12.1 Å². The van der Waals surface area contributed by atoms with Crippen LogP contribution in [0.25, 0.3) is 0 Å². The van der Waals surface area contributed by atoms with Gasteiger partial charge in [-0.2, -0.15) is 0 Å². The summed E-state index contributed by atoms with van der Waals surface area (Å²) in [4.78, 5) is 0. The highest BCUT2D eigenvalue weighted by Crippen LogP contribution is 2.33. The monoisotopic (exact) mass is 229 g/mol. The zero-order valence-electron chi connectivity index (χ0n) is 10.4. The summed E-state index contributed by atoms with van der Waals surface area (Å²) < 4.78 is 4.26. The molecule has 1 N–H and O–H groups in total. The molecule has 1 rings (SSSR count). The SMILES string of the molecule is CC[Si]1(CC)CCC[Si](CC)(CC)N1. The Morgan fingerprint density at radius 2 is 1.14 bits per heavy atom. The van der Waals surface area contributed by atoms with Crippen LogP contribution in [-0.4, -0.2) is 16.5 Å². The molecule has 0 aliphatic carbocycles. The zero-order chi connectivity index (χ0) is 10.7. The molecule has 1 fully saturated rings. The van der Waals surface area contributed by atoms with Gasteiger partial charge in [0.1, 0.15) is 16.5 Å². The minimum absolute atomic E-state index is 0.996. The summed E-state index contributed by atoms with van der Waals surface area (Å²) in [6.45, 7) is 9.66. The van der Waals surface area contributed by atoms with E-state index >= 15 is 0 Å². The molecule has 1 heterocycles. The Bertz CT molecular complexity index is 156. The van der Waals surface area contributed by atoms with E-state index in [2.05, 4.69) is 32.3 Å². The third kappa shape index (κ3) is 2.31. The molecule has 0 aromatic heterocycles. The first-order valence-corrected chi connectivity index (χ1v) is 11.7. The lowest BCUT2D eigenvalue weighted by Crippen LogP contribution is -2.66. The summed E-state index contributed by atoms with van der Waals surface area (Å²) >= 11 is 0. The fourth-order valence-corrected chi connectivity index (χ4v) is 15.8. The van der Waals surface area contributed by atoms with Gasteiger partial charge < -0.3 is 4.65 Å². The first-order chi connectivity index (χ1) is 6.66. The Kier molecular flexibility index (Phi) is 4.40. The summed E-state index contributed by atoms with van der Waals surface area (Å²) in [5, 5.41) is 0. The van der Waals surface area contributed by atoms with Gasteiger partial charge in [-0.05, 0) is 36.3 Å². The minimum Gasteiger partial charge on any atom is -0.359 e. The van der Waals surface area contributed by atoms with E-state index < -0.39 is 16.5 Å². The molecule has 1 nitrogen and oxygen atoms in total. The van der Waals surface area contributed by atoms with Gasteiger partial charge in [0.15, 0.2) is 0 Å². The molecule has 3 heteroatoms. The van der Waals surface area contributed by atoms with E-state index in [0.717, 1.165) is 0 Å². The fourth-order valence-electron chi connectivity index (χ4n) is 3.01. The zero-order valence-corrected chi connectivity index (χ0v) is 12.4. The molecule has 0 aromatic carbocycles. The van der Waals surface area contributed by atoms with E-state index in [-0.39, 0.29) is 0 Å². The lowest BCUT2D eigenvalue weighted by molar-refractivity contribution is 0.874.